The van der Waals surface area contributed by atoms with Gasteiger partial charge in [0.2, 0.25) is 0 Å². The van der Waals surface area contributed by atoms with E-state index in [2.05, 4.69) is 0 Å². The number of hydrogen-bond acceptors (Lipinski definition) is 4. The fourth-order valence-corrected chi connectivity index (χ4v) is 1.59. The van der Waals surface area contributed by atoms with Crippen LogP contribution in [-0.2, 0) is 16.1 Å². The van der Waals surface area contributed by atoms with Gasteiger partial charge >= 0.3 is 5.97 Å². The lowest BCUT2D eigenvalue weighted by atomic mass is 10.1. The zero-order valence-electron chi connectivity index (χ0n) is 11.2. The molecule has 0 unspecified atom stereocenters. The van der Waals surface area contributed by atoms with Crippen LogP contribution in [0.4, 0.5) is 0 Å². The van der Waals surface area contributed by atoms with Gasteiger partial charge in [0.05, 0.1) is 7.11 Å². The van der Waals surface area contributed by atoms with E-state index in [-0.39, 0.29) is 12.6 Å². The maximum Gasteiger partial charge on any atom is 0.323 e. The molecule has 0 aliphatic rings. The molecule has 0 aliphatic carbocycles. The standard InChI is InChI=1S/C14H21NO3/c1-10(2)8-13(15)14(16)18-9-11-4-6-12(17-3)7-5-11/h4-7,10,13H,8-9,15H2,1-3H3/t13-/m1/s1. The van der Waals surface area contributed by atoms with Gasteiger partial charge in [-0.25, -0.2) is 0 Å². The summed E-state index contributed by atoms with van der Waals surface area (Å²) in [6.07, 6.45) is 0.640. The second-order valence-corrected chi connectivity index (χ2v) is 4.69. The van der Waals surface area contributed by atoms with Gasteiger partial charge in [-0.1, -0.05) is 26.0 Å². The topological polar surface area (TPSA) is 61.5 Å². The van der Waals surface area contributed by atoms with E-state index in [1.165, 1.54) is 0 Å². The van der Waals surface area contributed by atoms with Crippen molar-refractivity contribution in [1.29, 1.82) is 0 Å². The Balaban J connectivity index is 2.41. The van der Waals surface area contributed by atoms with Crippen molar-refractivity contribution < 1.29 is 14.3 Å². The first kappa shape index (κ1) is 14.5. The van der Waals surface area contributed by atoms with Gasteiger partial charge < -0.3 is 15.2 Å². The molecule has 0 spiro atoms. The average Bonchev–Trinajstić information content (AvgIpc) is 2.35. The molecule has 1 atom stereocenters. The van der Waals surface area contributed by atoms with Crippen LogP contribution in [0.3, 0.4) is 0 Å². The minimum absolute atomic E-state index is 0.245. The summed E-state index contributed by atoms with van der Waals surface area (Å²) < 4.78 is 10.2. The molecule has 0 amide bonds. The van der Waals surface area contributed by atoms with E-state index in [4.69, 9.17) is 15.2 Å². The van der Waals surface area contributed by atoms with Gasteiger partial charge in [0, 0.05) is 0 Å². The van der Waals surface area contributed by atoms with Crippen molar-refractivity contribution in [1.82, 2.24) is 0 Å². The molecule has 18 heavy (non-hydrogen) atoms. The van der Waals surface area contributed by atoms with E-state index in [0.29, 0.717) is 12.3 Å². The molecule has 1 aromatic carbocycles. The number of carbonyl (C=O) groups is 1. The maximum atomic E-state index is 11.6. The zero-order chi connectivity index (χ0) is 13.5. The van der Waals surface area contributed by atoms with Crippen LogP contribution < -0.4 is 10.5 Å². The molecular weight excluding hydrogens is 230 g/mol. The first-order valence-corrected chi connectivity index (χ1v) is 6.08. The number of hydrogen-bond donors (Lipinski definition) is 1. The van der Waals surface area contributed by atoms with E-state index >= 15 is 0 Å². The lowest BCUT2D eigenvalue weighted by Gasteiger charge is -2.13. The van der Waals surface area contributed by atoms with Crippen molar-refractivity contribution in [2.75, 3.05) is 7.11 Å². The van der Waals surface area contributed by atoms with Crippen LogP contribution >= 0.6 is 0 Å². The minimum Gasteiger partial charge on any atom is -0.497 e. The second-order valence-electron chi connectivity index (χ2n) is 4.69. The molecule has 0 fully saturated rings. The molecule has 1 rings (SSSR count). The van der Waals surface area contributed by atoms with Gasteiger partial charge in [-0.3, -0.25) is 4.79 Å². The highest BCUT2D eigenvalue weighted by Gasteiger charge is 2.16. The van der Waals surface area contributed by atoms with Gasteiger partial charge in [0.25, 0.3) is 0 Å². The van der Waals surface area contributed by atoms with Crippen LogP contribution in [-0.4, -0.2) is 19.1 Å². The summed E-state index contributed by atoms with van der Waals surface area (Å²) in [7, 11) is 1.61. The Morgan fingerprint density at radius 3 is 2.39 bits per heavy atom. The molecule has 4 heteroatoms. The van der Waals surface area contributed by atoms with Crippen molar-refractivity contribution in [2.45, 2.75) is 32.9 Å². The molecule has 0 radical (unpaired) electrons. The Bertz CT molecular complexity index is 373. The molecule has 1 aromatic rings. The molecule has 0 aromatic heterocycles. The number of benzene rings is 1. The molecule has 0 bridgehead atoms. The van der Waals surface area contributed by atoms with Crippen LogP contribution in [0, 0.1) is 5.92 Å². The lowest BCUT2D eigenvalue weighted by molar-refractivity contribution is -0.146. The molecule has 0 saturated heterocycles. The third-order valence-corrected chi connectivity index (χ3v) is 2.57. The minimum atomic E-state index is -0.539. The monoisotopic (exact) mass is 251 g/mol. The normalized spacial score (nSPS) is 12.3. The number of rotatable bonds is 6. The predicted molar refractivity (Wildman–Crippen MR) is 70.2 cm³/mol. The van der Waals surface area contributed by atoms with Crippen LogP contribution in [0.5, 0.6) is 5.75 Å². The van der Waals surface area contributed by atoms with Gasteiger partial charge in [-0.2, -0.15) is 0 Å². The van der Waals surface area contributed by atoms with Crippen LogP contribution in [0.1, 0.15) is 25.8 Å². The second kappa shape index (κ2) is 7.01. The summed E-state index contributed by atoms with van der Waals surface area (Å²) in [6.45, 7) is 4.29. The van der Waals surface area contributed by atoms with E-state index in [1.54, 1.807) is 7.11 Å². The first-order valence-electron chi connectivity index (χ1n) is 6.08. The quantitative estimate of drug-likeness (QED) is 0.787. The highest BCUT2D eigenvalue weighted by atomic mass is 16.5. The number of nitrogens with two attached hydrogens (primary N) is 1. The van der Waals surface area contributed by atoms with Gasteiger partial charge in [-0.05, 0) is 30.0 Å². The fourth-order valence-electron chi connectivity index (χ4n) is 1.59. The number of ether oxygens (including phenoxy) is 2. The van der Waals surface area contributed by atoms with Gasteiger partial charge in [0.15, 0.2) is 0 Å². The number of esters is 1. The van der Waals surface area contributed by atoms with E-state index in [9.17, 15) is 4.79 Å². The fraction of sp³-hybridized carbons (Fsp3) is 0.500. The van der Waals surface area contributed by atoms with Crippen LogP contribution in [0.15, 0.2) is 24.3 Å². The average molecular weight is 251 g/mol. The van der Waals surface area contributed by atoms with Gasteiger partial charge in [0.1, 0.15) is 18.4 Å². The molecule has 4 nitrogen and oxygen atoms in total. The summed E-state index contributed by atoms with van der Waals surface area (Å²) in [4.78, 5) is 11.6. The SMILES string of the molecule is COc1ccc(COC(=O)[C@H](N)CC(C)C)cc1. The summed E-state index contributed by atoms with van der Waals surface area (Å²) in [5, 5.41) is 0. The zero-order valence-corrected chi connectivity index (χ0v) is 11.2. The smallest absolute Gasteiger partial charge is 0.323 e. The number of carbonyl (C=O) groups excluding carboxylic acids is 1. The third-order valence-electron chi connectivity index (χ3n) is 2.57. The summed E-state index contributed by atoms with van der Waals surface area (Å²) >= 11 is 0. The highest BCUT2D eigenvalue weighted by Crippen LogP contribution is 2.12. The van der Waals surface area contributed by atoms with E-state index in [0.717, 1.165) is 11.3 Å². The van der Waals surface area contributed by atoms with E-state index in [1.807, 2.05) is 38.1 Å². The van der Waals surface area contributed by atoms with Crippen molar-refractivity contribution in [3.63, 3.8) is 0 Å². The highest BCUT2D eigenvalue weighted by molar-refractivity contribution is 5.75. The molecule has 0 aliphatic heterocycles. The Kier molecular flexibility index (Phi) is 5.65. The van der Waals surface area contributed by atoms with Crippen LogP contribution in [0.2, 0.25) is 0 Å². The molecule has 0 saturated carbocycles. The molecular formula is C14H21NO3. The molecule has 100 valence electrons. The van der Waals surface area contributed by atoms with E-state index < -0.39 is 6.04 Å². The van der Waals surface area contributed by atoms with Crippen LogP contribution in [0.25, 0.3) is 0 Å². The Morgan fingerprint density at radius 2 is 1.89 bits per heavy atom. The predicted octanol–water partition coefficient (Wildman–Crippen LogP) is 2.11. The van der Waals surface area contributed by atoms with Crippen molar-refractivity contribution in [2.24, 2.45) is 11.7 Å². The Hall–Kier alpha value is -1.55. The lowest BCUT2D eigenvalue weighted by Crippen LogP contribution is -2.33. The maximum absolute atomic E-state index is 11.6. The van der Waals surface area contributed by atoms with Crippen molar-refractivity contribution in [3.8, 4) is 5.75 Å². The van der Waals surface area contributed by atoms with Gasteiger partial charge in [-0.15, -0.1) is 0 Å². The number of methoxy groups -OCH3 is 1. The molecule has 0 heterocycles. The first-order chi connectivity index (χ1) is 8.52. The summed E-state index contributed by atoms with van der Waals surface area (Å²) in [6, 6.07) is 6.84. The Labute approximate surface area is 108 Å². The summed E-state index contributed by atoms with van der Waals surface area (Å²) in [5.41, 5.74) is 6.65. The Morgan fingerprint density at radius 1 is 1.28 bits per heavy atom. The summed E-state index contributed by atoms with van der Waals surface area (Å²) in [5.74, 6) is 0.814. The largest absolute Gasteiger partial charge is 0.497 e. The third kappa shape index (κ3) is 4.75. The van der Waals surface area contributed by atoms with Crippen molar-refractivity contribution >= 4 is 5.97 Å². The molecule has 2 N–H and O–H groups in total. The van der Waals surface area contributed by atoms with Crippen molar-refractivity contribution in [3.05, 3.63) is 29.8 Å².